The number of furan rings is 1. The number of nitrogens with one attached hydrogen (secondary N) is 2. The van der Waals surface area contributed by atoms with E-state index in [0.29, 0.717) is 28.4 Å². The van der Waals surface area contributed by atoms with E-state index in [1.165, 1.54) is 0 Å². The van der Waals surface area contributed by atoms with Crippen LogP contribution in [0.3, 0.4) is 0 Å². The standard InChI is InChI=1S/C15H12BrN3O2/c1-9-13(14(19-18-9)12-6-3-7-21-12)15(20)17-11-5-2-4-10(16)8-11/h2-8H,1H3,(H,17,20)(H,18,19). The highest BCUT2D eigenvalue weighted by molar-refractivity contribution is 9.10. The number of hydrogen-bond acceptors (Lipinski definition) is 3. The second-order valence-corrected chi connectivity index (χ2v) is 5.43. The smallest absolute Gasteiger partial charge is 0.259 e. The molecule has 0 atom stereocenters. The first kappa shape index (κ1) is 13.6. The number of aromatic amines is 1. The van der Waals surface area contributed by atoms with Gasteiger partial charge in [-0.05, 0) is 37.3 Å². The van der Waals surface area contributed by atoms with Gasteiger partial charge in [-0.1, -0.05) is 22.0 Å². The van der Waals surface area contributed by atoms with Crippen LogP contribution in [0, 0.1) is 6.92 Å². The quantitative estimate of drug-likeness (QED) is 0.753. The molecular formula is C15H12BrN3O2. The van der Waals surface area contributed by atoms with Crippen molar-refractivity contribution in [3.05, 3.63) is 58.4 Å². The van der Waals surface area contributed by atoms with Gasteiger partial charge in [-0.25, -0.2) is 0 Å². The minimum absolute atomic E-state index is 0.231. The van der Waals surface area contributed by atoms with Crippen molar-refractivity contribution in [2.75, 3.05) is 5.32 Å². The van der Waals surface area contributed by atoms with E-state index in [4.69, 9.17) is 4.42 Å². The monoisotopic (exact) mass is 345 g/mol. The zero-order valence-corrected chi connectivity index (χ0v) is 12.8. The Morgan fingerprint density at radius 3 is 2.90 bits per heavy atom. The number of nitrogens with zero attached hydrogens (tertiary/aromatic N) is 1. The topological polar surface area (TPSA) is 70.9 Å². The van der Waals surface area contributed by atoms with Gasteiger partial charge in [-0.3, -0.25) is 9.89 Å². The van der Waals surface area contributed by atoms with E-state index in [2.05, 4.69) is 31.4 Å². The van der Waals surface area contributed by atoms with E-state index in [0.717, 1.165) is 4.47 Å². The summed E-state index contributed by atoms with van der Waals surface area (Å²) in [5.74, 6) is 0.324. The molecule has 5 nitrogen and oxygen atoms in total. The second kappa shape index (κ2) is 5.57. The van der Waals surface area contributed by atoms with Crippen LogP contribution in [0.25, 0.3) is 11.5 Å². The third kappa shape index (κ3) is 2.75. The molecule has 3 aromatic rings. The fourth-order valence-electron chi connectivity index (χ4n) is 2.06. The Morgan fingerprint density at radius 2 is 2.19 bits per heavy atom. The lowest BCUT2D eigenvalue weighted by atomic mass is 10.1. The summed E-state index contributed by atoms with van der Waals surface area (Å²) in [5.41, 5.74) is 2.38. The summed E-state index contributed by atoms with van der Waals surface area (Å²) in [6.07, 6.45) is 1.55. The summed E-state index contributed by atoms with van der Waals surface area (Å²) in [6.45, 7) is 1.80. The minimum Gasteiger partial charge on any atom is -0.463 e. The Balaban J connectivity index is 1.93. The molecule has 1 aromatic carbocycles. The number of hydrogen-bond donors (Lipinski definition) is 2. The van der Waals surface area contributed by atoms with E-state index < -0.39 is 0 Å². The third-order valence-corrected chi connectivity index (χ3v) is 3.50. The molecule has 106 valence electrons. The summed E-state index contributed by atoms with van der Waals surface area (Å²) >= 11 is 3.38. The highest BCUT2D eigenvalue weighted by Crippen LogP contribution is 2.25. The Morgan fingerprint density at radius 1 is 1.33 bits per heavy atom. The average Bonchev–Trinajstić information content (AvgIpc) is 3.07. The number of carbonyl (C=O) groups is 1. The van der Waals surface area contributed by atoms with Gasteiger partial charge < -0.3 is 9.73 Å². The molecule has 2 heterocycles. The Kier molecular flexibility index (Phi) is 3.62. The number of H-pyrrole nitrogens is 1. The van der Waals surface area contributed by atoms with Crippen molar-refractivity contribution in [1.29, 1.82) is 0 Å². The number of halogens is 1. The molecular weight excluding hydrogens is 334 g/mol. The number of anilines is 1. The van der Waals surface area contributed by atoms with Gasteiger partial charge in [0.15, 0.2) is 5.76 Å². The van der Waals surface area contributed by atoms with E-state index in [1.54, 1.807) is 25.3 Å². The van der Waals surface area contributed by atoms with E-state index in [9.17, 15) is 4.79 Å². The maximum absolute atomic E-state index is 12.5. The van der Waals surface area contributed by atoms with Crippen LogP contribution >= 0.6 is 15.9 Å². The summed E-state index contributed by atoms with van der Waals surface area (Å²) in [4.78, 5) is 12.5. The van der Waals surface area contributed by atoms with Crippen molar-refractivity contribution in [2.45, 2.75) is 6.92 Å². The molecule has 0 aliphatic carbocycles. The van der Waals surface area contributed by atoms with Crippen LogP contribution in [0.4, 0.5) is 5.69 Å². The highest BCUT2D eigenvalue weighted by Gasteiger charge is 2.21. The SMILES string of the molecule is Cc1[nH]nc(-c2ccco2)c1C(=O)Nc1cccc(Br)c1. The number of aryl methyl sites for hydroxylation is 1. The fraction of sp³-hybridized carbons (Fsp3) is 0.0667. The molecule has 2 N–H and O–H groups in total. The highest BCUT2D eigenvalue weighted by atomic mass is 79.9. The molecule has 3 rings (SSSR count). The lowest BCUT2D eigenvalue weighted by molar-refractivity contribution is 0.102. The molecule has 0 bridgehead atoms. The number of aromatic nitrogens is 2. The summed E-state index contributed by atoms with van der Waals surface area (Å²) in [5, 5.41) is 9.83. The molecule has 2 aromatic heterocycles. The molecule has 1 amide bonds. The maximum Gasteiger partial charge on any atom is 0.259 e. The fourth-order valence-corrected chi connectivity index (χ4v) is 2.46. The Hall–Kier alpha value is -2.34. The molecule has 0 saturated carbocycles. The first-order valence-electron chi connectivity index (χ1n) is 6.31. The molecule has 0 aliphatic heterocycles. The van der Waals surface area contributed by atoms with Gasteiger partial charge in [-0.15, -0.1) is 0 Å². The number of benzene rings is 1. The molecule has 21 heavy (non-hydrogen) atoms. The van der Waals surface area contributed by atoms with E-state index in [-0.39, 0.29) is 5.91 Å². The van der Waals surface area contributed by atoms with E-state index >= 15 is 0 Å². The van der Waals surface area contributed by atoms with Gasteiger partial charge in [-0.2, -0.15) is 5.10 Å². The van der Waals surface area contributed by atoms with Crippen LogP contribution in [-0.4, -0.2) is 16.1 Å². The van der Waals surface area contributed by atoms with Crippen molar-refractivity contribution in [2.24, 2.45) is 0 Å². The van der Waals surface area contributed by atoms with Crippen molar-refractivity contribution in [1.82, 2.24) is 10.2 Å². The van der Waals surface area contributed by atoms with Crippen molar-refractivity contribution in [3.8, 4) is 11.5 Å². The predicted molar refractivity (Wildman–Crippen MR) is 83.1 cm³/mol. The van der Waals surface area contributed by atoms with Crippen LogP contribution in [0.2, 0.25) is 0 Å². The molecule has 0 unspecified atom stereocenters. The summed E-state index contributed by atoms with van der Waals surface area (Å²) in [6, 6.07) is 10.9. The number of rotatable bonds is 3. The van der Waals surface area contributed by atoms with Gasteiger partial charge in [0, 0.05) is 15.9 Å². The van der Waals surface area contributed by atoms with Crippen molar-refractivity contribution >= 4 is 27.5 Å². The Bertz CT molecular complexity index is 778. The molecule has 0 radical (unpaired) electrons. The van der Waals surface area contributed by atoms with Crippen LogP contribution in [0.15, 0.2) is 51.6 Å². The van der Waals surface area contributed by atoms with Gasteiger partial charge in [0.25, 0.3) is 5.91 Å². The number of amides is 1. The first-order chi connectivity index (χ1) is 10.1. The average molecular weight is 346 g/mol. The normalized spacial score (nSPS) is 10.6. The molecule has 0 saturated heterocycles. The van der Waals surface area contributed by atoms with Crippen LogP contribution in [-0.2, 0) is 0 Å². The van der Waals surface area contributed by atoms with Crippen LogP contribution < -0.4 is 5.32 Å². The zero-order valence-electron chi connectivity index (χ0n) is 11.2. The third-order valence-electron chi connectivity index (χ3n) is 3.01. The van der Waals surface area contributed by atoms with Crippen molar-refractivity contribution < 1.29 is 9.21 Å². The summed E-state index contributed by atoms with van der Waals surface area (Å²) in [7, 11) is 0. The molecule has 6 heteroatoms. The predicted octanol–water partition coefficient (Wildman–Crippen LogP) is 3.99. The van der Waals surface area contributed by atoms with Gasteiger partial charge in [0.2, 0.25) is 0 Å². The summed E-state index contributed by atoms with van der Waals surface area (Å²) < 4.78 is 6.22. The van der Waals surface area contributed by atoms with Gasteiger partial charge in [0.05, 0.1) is 11.8 Å². The Labute approximate surface area is 129 Å². The zero-order chi connectivity index (χ0) is 14.8. The van der Waals surface area contributed by atoms with E-state index in [1.807, 2.05) is 24.3 Å². The minimum atomic E-state index is -0.231. The van der Waals surface area contributed by atoms with Crippen LogP contribution in [0.5, 0.6) is 0 Å². The lowest BCUT2D eigenvalue weighted by Gasteiger charge is -2.06. The van der Waals surface area contributed by atoms with Crippen LogP contribution in [0.1, 0.15) is 16.1 Å². The number of carbonyl (C=O) groups excluding carboxylic acids is 1. The molecule has 0 aliphatic rings. The van der Waals surface area contributed by atoms with Crippen molar-refractivity contribution in [3.63, 3.8) is 0 Å². The van der Waals surface area contributed by atoms with Gasteiger partial charge >= 0.3 is 0 Å². The maximum atomic E-state index is 12.5. The lowest BCUT2D eigenvalue weighted by Crippen LogP contribution is -2.13. The second-order valence-electron chi connectivity index (χ2n) is 4.51. The van der Waals surface area contributed by atoms with Gasteiger partial charge in [0.1, 0.15) is 5.69 Å². The largest absolute Gasteiger partial charge is 0.463 e. The molecule has 0 fully saturated rings. The first-order valence-corrected chi connectivity index (χ1v) is 7.10. The molecule has 0 spiro atoms.